The lowest BCUT2D eigenvalue weighted by molar-refractivity contribution is -0.122. The highest BCUT2D eigenvalue weighted by molar-refractivity contribution is 6.31. The first-order chi connectivity index (χ1) is 12.9. The minimum absolute atomic E-state index is 0.147. The van der Waals surface area contributed by atoms with Crippen molar-refractivity contribution in [3.63, 3.8) is 0 Å². The Bertz CT molecular complexity index is 839. The summed E-state index contributed by atoms with van der Waals surface area (Å²) in [5.41, 5.74) is 7.21. The molecular formula is C20H21ClFN3O2. The van der Waals surface area contributed by atoms with Crippen LogP contribution in [0.2, 0.25) is 5.02 Å². The summed E-state index contributed by atoms with van der Waals surface area (Å²) in [6.45, 7) is 1.40. The van der Waals surface area contributed by atoms with Gasteiger partial charge in [-0.3, -0.25) is 14.5 Å². The van der Waals surface area contributed by atoms with Crippen LogP contribution in [0.5, 0.6) is 0 Å². The third-order valence-electron chi connectivity index (χ3n) is 4.69. The van der Waals surface area contributed by atoms with Gasteiger partial charge in [-0.1, -0.05) is 29.8 Å². The van der Waals surface area contributed by atoms with Gasteiger partial charge in [0.1, 0.15) is 5.82 Å². The average Bonchev–Trinajstić information content (AvgIpc) is 3.07. The fraction of sp³-hybridized carbons (Fsp3) is 0.300. The zero-order valence-corrected chi connectivity index (χ0v) is 15.5. The maximum absolute atomic E-state index is 13.8. The molecule has 1 aliphatic heterocycles. The van der Waals surface area contributed by atoms with E-state index in [2.05, 4.69) is 5.32 Å². The van der Waals surface area contributed by atoms with Crippen molar-refractivity contribution in [3.8, 4) is 0 Å². The average molecular weight is 390 g/mol. The molecule has 1 aliphatic rings. The molecule has 0 spiro atoms. The van der Waals surface area contributed by atoms with Gasteiger partial charge in [-0.05, 0) is 49.2 Å². The second-order valence-corrected chi connectivity index (χ2v) is 7.06. The van der Waals surface area contributed by atoms with Gasteiger partial charge in [-0.25, -0.2) is 4.39 Å². The molecule has 1 atom stereocenters. The van der Waals surface area contributed by atoms with E-state index >= 15 is 0 Å². The number of likely N-dealkylation sites (tertiary alicyclic amines) is 1. The van der Waals surface area contributed by atoms with Gasteiger partial charge in [0.15, 0.2) is 0 Å². The third-order valence-corrected chi connectivity index (χ3v) is 5.04. The first-order valence-electron chi connectivity index (χ1n) is 8.79. The highest BCUT2D eigenvalue weighted by Gasteiger charge is 2.28. The summed E-state index contributed by atoms with van der Waals surface area (Å²) in [7, 11) is 0. The number of halogens is 2. The van der Waals surface area contributed by atoms with Gasteiger partial charge in [0.25, 0.3) is 0 Å². The Kier molecular flexibility index (Phi) is 6.08. The van der Waals surface area contributed by atoms with Crippen molar-refractivity contribution >= 4 is 29.1 Å². The summed E-state index contributed by atoms with van der Waals surface area (Å²) in [5, 5.41) is 3.00. The molecule has 142 valence electrons. The van der Waals surface area contributed by atoms with E-state index in [-0.39, 0.29) is 34.9 Å². The van der Waals surface area contributed by atoms with E-state index in [9.17, 15) is 14.0 Å². The number of benzene rings is 2. The molecule has 0 unspecified atom stereocenters. The fourth-order valence-corrected chi connectivity index (χ4v) is 3.62. The lowest BCUT2D eigenvalue weighted by Gasteiger charge is -2.22. The van der Waals surface area contributed by atoms with E-state index < -0.39 is 5.82 Å². The molecule has 0 bridgehead atoms. The Morgan fingerprint density at radius 2 is 2.04 bits per heavy atom. The number of nitrogens with two attached hydrogens (primary N) is 1. The van der Waals surface area contributed by atoms with Gasteiger partial charge in [0.2, 0.25) is 11.8 Å². The molecule has 2 aromatic rings. The molecule has 1 fully saturated rings. The first-order valence-corrected chi connectivity index (χ1v) is 9.17. The Hall–Kier alpha value is -2.44. The largest absolute Gasteiger partial charge is 0.368 e. The second-order valence-electron chi connectivity index (χ2n) is 6.66. The maximum atomic E-state index is 13.8. The van der Waals surface area contributed by atoms with Crippen molar-refractivity contribution in [3.05, 3.63) is 64.4 Å². The van der Waals surface area contributed by atoms with E-state index in [1.807, 2.05) is 23.1 Å². The molecule has 7 heteroatoms. The SMILES string of the molecule is NC(=O)[C@H]1CCCN1Cc1cccc(NC(=O)Cc2c(F)cccc2Cl)c1. The summed E-state index contributed by atoms with van der Waals surface area (Å²) in [4.78, 5) is 25.8. The maximum Gasteiger partial charge on any atom is 0.234 e. The quantitative estimate of drug-likeness (QED) is 0.797. The van der Waals surface area contributed by atoms with Gasteiger partial charge in [0.05, 0.1) is 12.5 Å². The molecule has 2 aromatic carbocycles. The number of amides is 2. The van der Waals surface area contributed by atoms with E-state index in [4.69, 9.17) is 17.3 Å². The summed E-state index contributed by atoms with van der Waals surface area (Å²) in [6, 6.07) is 11.5. The molecule has 0 radical (unpaired) electrons. The lowest BCUT2D eigenvalue weighted by Crippen LogP contribution is -2.39. The Morgan fingerprint density at radius 3 is 2.78 bits per heavy atom. The first kappa shape index (κ1) is 19.3. The number of primary amides is 1. The van der Waals surface area contributed by atoms with Gasteiger partial charge in [0, 0.05) is 22.8 Å². The van der Waals surface area contributed by atoms with Crippen LogP contribution in [0.3, 0.4) is 0 Å². The highest BCUT2D eigenvalue weighted by atomic mass is 35.5. The van der Waals surface area contributed by atoms with Crippen LogP contribution in [0.4, 0.5) is 10.1 Å². The standard InChI is InChI=1S/C20H21ClFN3O2/c21-16-6-2-7-17(22)15(16)11-19(26)24-14-5-1-4-13(10-14)12-25-9-3-8-18(25)20(23)27/h1-2,4-7,10,18H,3,8-9,11-12H2,(H2,23,27)(H,24,26)/t18-/m1/s1. The Labute approximate surface area is 162 Å². The van der Waals surface area contributed by atoms with Crippen molar-refractivity contribution in [2.45, 2.75) is 31.8 Å². The Balaban J connectivity index is 1.65. The number of carbonyl (C=O) groups excluding carboxylic acids is 2. The molecule has 2 amide bonds. The van der Waals surface area contributed by atoms with Crippen molar-refractivity contribution in [2.24, 2.45) is 5.73 Å². The topological polar surface area (TPSA) is 75.4 Å². The normalized spacial score (nSPS) is 17.0. The minimum atomic E-state index is -0.502. The van der Waals surface area contributed by atoms with Crippen LogP contribution in [0.25, 0.3) is 0 Å². The van der Waals surface area contributed by atoms with E-state index in [0.717, 1.165) is 24.9 Å². The van der Waals surface area contributed by atoms with E-state index in [0.29, 0.717) is 12.2 Å². The van der Waals surface area contributed by atoms with Gasteiger partial charge < -0.3 is 11.1 Å². The number of hydrogen-bond donors (Lipinski definition) is 2. The molecule has 0 aromatic heterocycles. The Morgan fingerprint density at radius 1 is 1.26 bits per heavy atom. The number of nitrogens with zero attached hydrogens (tertiary/aromatic N) is 1. The molecule has 3 rings (SSSR count). The van der Waals surface area contributed by atoms with Crippen LogP contribution in [0, 0.1) is 5.82 Å². The molecule has 0 saturated carbocycles. The van der Waals surface area contributed by atoms with Crippen molar-refractivity contribution in [1.29, 1.82) is 0 Å². The number of rotatable bonds is 6. The number of hydrogen-bond acceptors (Lipinski definition) is 3. The molecule has 1 saturated heterocycles. The minimum Gasteiger partial charge on any atom is -0.368 e. The van der Waals surface area contributed by atoms with Crippen LogP contribution >= 0.6 is 11.6 Å². The molecule has 3 N–H and O–H groups in total. The van der Waals surface area contributed by atoms with Gasteiger partial charge in [-0.15, -0.1) is 0 Å². The van der Waals surface area contributed by atoms with Crippen molar-refractivity contribution in [2.75, 3.05) is 11.9 Å². The van der Waals surface area contributed by atoms with Crippen LogP contribution in [0.15, 0.2) is 42.5 Å². The number of nitrogens with one attached hydrogen (secondary N) is 1. The van der Waals surface area contributed by atoms with Crippen molar-refractivity contribution < 1.29 is 14.0 Å². The third kappa shape index (κ3) is 4.84. The molecule has 1 heterocycles. The summed E-state index contributed by atoms with van der Waals surface area (Å²) >= 11 is 5.97. The predicted molar refractivity (Wildman–Crippen MR) is 103 cm³/mol. The van der Waals surface area contributed by atoms with Crippen LogP contribution in [0.1, 0.15) is 24.0 Å². The van der Waals surface area contributed by atoms with Crippen LogP contribution < -0.4 is 11.1 Å². The summed E-state index contributed by atoms with van der Waals surface area (Å²) < 4.78 is 13.8. The zero-order chi connectivity index (χ0) is 19.4. The number of anilines is 1. The second kappa shape index (κ2) is 8.50. The number of carbonyl (C=O) groups is 2. The zero-order valence-electron chi connectivity index (χ0n) is 14.8. The monoisotopic (exact) mass is 389 g/mol. The summed E-state index contributed by atoms with van der Waals surface area (Å²) in [6.07, 6.45) is 1.56. The van der Waals surface area contributed by atoms with Gasteiger partial charge in [-0.2, -0.15) is 0 Å². The highest BCUT2D eigenvalue weighted by Crippen LogP contribution is 2.22. The van der Waals surface area contributed by atoms with E-state index in [1.54, 1.807) is 12.1 Å². The molecular weight excluding hydrogens is 369 g/mol. The van der Waals surface area contributed by atoms with E-state index in [1.165, 1.54) is 12.1 Å². The van der Waals surface area contributed by atoms with Crippen LogP contribution in [-0.2, 0) is 22.6 Å². The molecule has 5 nitrogen and oxygen atoms in total. The predicted octanol–water partition coefficient (Wildman–Crippen LogP) is 3.11. The van der Waals surface area contributed by atoms with Crippen molar-refractivity contribution in [1.82, 2.24) is 4.90 Å². The van der Waals surface area contributed by atoms with Gasteiger partial charge >= 0.3 is 0 Å². The summed E-state index contributed by atoms with van der Waals surface area (Å²) in [5.74, 6) is -1.16. The molecule has 0 aliphatic carbocycles. The smallest absolute Gasteiger partial charge is 0.234 e. The molecule has 27 heavy (non-hydrogen) atoms. The lowest BCUT2D eigenvalue weighted by atomic mass is 10.1. The van der Waals surface area contributed by atoms with Crippen LogP contribution in [-0.4, -0.2) is 29.3 Å². The fourth-order valence-electron chi connectivity index (χ4n) is 3.39.